The van der Waals surface area contributed by atoms with Gasteiger partial charge >= 0.3 is 0 Å². The minimum Gasteiger partial charge on any atom is -0.397 e. The van der Waals surface area contributed by atoms with Crippen LogP contribution in [0.25, 0.3) is 0 Å². The van der Waals surface area contributed by atoms with E-state index in [1.54, 1.807) is 11.8 Å². The van der Waals surface area contributed by atoms with Crippen molar-refractivity contribution < 1.29 is 0 Å². The van der Waals surface area contributed by atoms with E-state index in [-0.39, 0.29) is 0 Å². The van der Waals surface area contributed by atoms with Crippen molar-refractivity contribution in [2.45, 2.75) is 18.7 Å². The van der Waals surface area contributed by atoms with Gasteiger partial charge in [0.2, 0.25) is 0 Å². The van der Waals surface area contributed by atoms with Gasteiger partial charge in [0.05, 0.1) is 17.1 Å². The Morgan fingerprint density at radius 3 is 2.44 bits per heavy atom. The van der Waals surface area contributed by atoms with Crippen LogP contribution in [0.2, 0.25) is 0 Å². The first-order valence-corrected chi connectivity index (χ1v) is 6.80. The van der Waals surface area contributed by atoms with Gasteiger partial charge in [0.1, 0.15) is 0 Å². The van der Waals surface area contributed by atoms with Crippen LogP contribution in [-0.4, -0.2) is 7.05 Å². The fraction of sp³-hybridized carbons (Fsp3) is 0.200. The van der Waals surface area contributed by atoms with Crippen molar-refractivity contribution in [3.63, 3.8) is 0 Å². The molecule has 96 valence electrons. The van der Waals surface area contributed by atoms with E-state index in [4.69, 9.17) is 5.73 Å². The minimum atomic E-state index is 0.787. The number of nitrogens with two attached hydrogens (primary N) is 1. The van der Waals surface area contributed by atoms with E-state index in [2.05, 4.69) is 24.1 Å². The summed E-state index contributed by atoms with van der Waals surface area (Å²) in [5, 5.41) is 0. The molecule has 1 aromatic rings. The summed E-state index contributed by atoms with van der Waals surface area (Å²) in [4.78, 5) is 4.32. The fourth-order valence-corrected chi connectivity index (χ4v) is 2.96. The van der Waals surface area contributed by atoms with E-state index in [1.165, 1.54) is 0 Å². The average molecular weight is 260 g/mol. The van der Waals surface area contributed by atoms with Crippen LogP contribution in [0.15, 0.2) is 59.0 Å². The van der Waals surface area contributed by atoms with Gasteiger partial charge in [0.25, 0.3) is 0 Å². The molecule has 0 saturated heterocycles. The molecule has 1 heterocycles. The van der Waals surface area contributed by atoms with Crippen LogP contribution in [0, 0.1) is 0 Å². The lowest BCUT2D eigenvalue weighted by Crippen LogP contribution is -2.21. The van der Waals surface area contributed by atoms with Crippen molar-refractivity contribution >= 4 is 23.1 Å². The van der Waals surface area contributed by atoms with Crippen LogP contribution < -0.4 is 10.6 Å². The molecule has 0 fully saturated rings. The second-order valence-corrected chi connectivity index (χ2v) is 4.60. The summed E-state index contributed by atoms with van der Waals surface area (Å²) in [6.45, 7) is 11.7. The maximum absolute atomic E-state index is 6.00. The van der Waals surface area contributed by atoms with E-state index in [0.717, 1.165) is 26.9 Å². The topological polar surface area (TPSA) is 29.3 Å². The first-order valence-electron chi connectivity index (χ1n) is 5.98. The number of benzene rings is 1. The molecule has 1 aromatic carbocycles. The SMILES string of the molecule is C=CC1=C(C=C)N(C)c2c(N)cccc2S1.CC. The number of likely N-dealkylation sites (N-methyl/N-ethyl adjacent to an activating group) is 1. The number of nitrogen functional groups attached to an aromatic ring is 1. The third-order valence-corrected chi connectivity index (χ3v) is 3.72. The van der Waals surface area contributed by atoms with E-state index >= 15 is 0 Å². The first-order chi connectivity index (χ1) is 8.69. The summed E-state index contributed by atoms with van der Waals surface area (Å²) in [6.07, 6.45) is 3.68. The van der Waals surface area contributed by atoms with Gasteiger partial charge in [-0.1, -0.05) is 50.9 Å². The van der Waals surface area contributed by atoms with Crippen molar-refractivity contribution in [2.75, 3.05) is 17.7 Å². The van der Waals surface area contributed by atoms with Gasteiger partial charge in [-0.3, -0.25) is 0 Å². The molecule has 0 unspecified atom stereocenters. The zero-order valence-corrected chi connectivity index (χ0v) is 12.1. The Labute approximate surface area is 114 Å². The van der Waals surface area contributed by atoms with Crippen molar-refractivity contribution in [3.8, 4) is 0 Å². The van der Waals surface area contributed by atoms with Gasteiger partial charge in [-0.2, -0.15) is 0 Å². The summed E-state index contributed by atoms with van der Waals surface area (Å²) >= 11 is 1.68. The average Bonchev–Trinajstić information content (AvgIpc) is 2.40. The molecule has 2 nitrogen and oxygen atoms in total. The zero-order chi connectivity index (χ0) is 13.7. The number of anilines is 2. The smallest absolute Gasteiger partial charge is 0.0783 e. The highest BCUT2D eigenvalue weighted by Crippen LogP contribution is 2.45. The van der Waals surface area contributed by atoms with Crippen LogP contribution in [0.1, 0.15) is 13.8 Å². The van der Waals surface area contributed by atoms with Gasteiger partial charge in [0.15, 0.2) is 0 Å². The molecule has 2 N–H and O–H groups in total. The Morgan fingerprint density at radius 2 is 1.89 bits per heavy atom. The third kappa shape index (κ3) is 2.46. The van der Waals surface area contributed by atoms with E-state index in [0.29, 0.717) is 0 Å². The van der Waals surface area contributed by atoms with Crippen molar-refractivity contribution in [2.24, 2.45) is 0 Å². The van der Waals surface area contributed by atoms with Crippen LogP contribution in [-0.2, 0) is 0 Å². The lowest BCUT2D eigenvalue weighted by atomic mass is 10.2. The predicted molar refractivity (Wildman–Crippen MR) is 83.9 cm³/mol. The van der Waals surface area contributed by atoms with Crippen LogP contribution in [0.4, 0.5) is 11.4 Å². The summed E-state index contributed by atoms with van der Waals surface area (Å²) in [6, 6.07) is 5.94. The summed E-state index contributed by atoms with van der Waals surface area (Å²) < 4.78 is 0. The first kappa shape index (κ1) is 14.5. The minimum absolute atomic E-state index is 0.787. The lowest BCUT2D eigenvalue weighted by Gasteiger charge is -2.30. The largest absolute Gasteiger partial charge is 0.397 e. The highest BCUT2D eigenvalue weighted by molar-refractivity contribution is 8.03. The third-order valence-electron chi connectivity index (χ3n) is 2.58. The molecule has 0 atom stereocenters. The standard InChI is InChI=1S/C13H14N2S.C2H6/c1-4-10-11(5-2)16-12-8-6-7-9(14)13(12)15(10)3;1-2/h4-8H,1-2,14H2,3H3;1-2H3. The van der Waals surface area contributed by atoms with Crippen LogP contribution in [0.3, 0.4) is 0 Å². The maximum atomic E-state index is 6.00. The Morgan fingerprint density at radius 1 is 1.22 bits per heavy atom. The van der Waals surface area contributed by atoms with Crippen molar-refractivity contribution in [1.82, 2.24) is 0 Å². The number of fused-ring (bicyclic) bond motifs is 1. The lowest BCUT2D eigenvalue weighted by molar-refractivity contribution is 1.09. The van der Waals surface area contributed by atoms with Gasteiger partial charge in [-0.05, 0) is 18.2 Å². The van der Waals surface area contributed by atoms with Crippen molar-refractivity contribution in [1.29, 1.82) is 0 Å². The maximum Gasteiger partial charge on any atom is 0.0783 e. The van der Waals surface area contributed by atoms with Crippen LogP contribution >= 0.6 is 11.8 Å². The molecule has 18 heavy (non-hydrogen) atoms. The molecule has 3 heteroatoms. The molecular formula is C15H20N2S. The highest BCUT2D eigenvalue weighted by Gasteiger charge is 2.21. The summed E-state index contributed by atoms with van der Waals surface area (Å²) in [5.74, 6) is 0. The monoisotopic (exact) mass is 260 g/mol. The second-order valence-electron chi connectivity index (χ2n) is 3.51. The number of allylic oxidation sites excluding steroid dienone is 2. The number of thioether (sulfide) groups is 1. The quantitative estimate of drug-likeness (QED) is 0.798. The molecule has 0 aromatic heterocycles. The Hall–Kier alpha value is -1.61. The van der Waals surface area contributed by atoms with Gasteiger partial charge < -0.3 is 10.6 Å². The van der Waals surface area contributed by atoms with E-state index in [9.17, 15) is 0 Å². The zero-order valence-electron chi connectivity index (χ0n) is 11.2. The molecule has 0 radical (unpaired) electrons. The molecule has 0 bridgehead atoms. The number of hydrogen-bond donors (Lipinski definition) is 1. The molecule has 0 spiro atoms. The van der Waals surface area contributed by atoms with Gasteiger partial charge in [-0.15, -0.1) is 0 Å². The molecule has 0 aliphatic carbocycles. The van der Waals surface area contributed by atoms with E-state index in [1.807, 2.05) is 45.2 Å². The van der Waals surface area contributed by atoms with Crippen molar-refractivity contribution in [3.05, 3.63) is 54.1 Å². The predicted octanol–water partition coefficient (Wildman–Crippen LogP) is 4.42. The van der Waals surface area contributed by atoms with Gasteiger partial charge in [0, 0.05) is 16.8 Å². The Kier molecular flexibility index (Phi) is 5.10. The second kappa shape index (κ2) is 6.36. The number of para-hydroxylation sites is 1. The molecule has 2 rings (SSSR count). The number of rotatable bonds is 2. The van der Waals surface area contributed by atoms with Gasteiger partial charge in [-0.25, -0.2) is 0 Å². The van der Waals surface area contributed by atoms with Crippen LogP contribution in [0.5, 0.6) is 0 Å². The molecular weight excluding hydrogens is 240 g/mol. The molecule has 0 saturated carbocycles. The number of hydrogen-bond acceptors (Lipinski definition) is 3. The van der Waals surface area contributed by atoms with E-state index < -0.39 is 0 Å². The molecule has 1 aliphatic rings. The molecule has 0 amide bonds. The number of nitrogens with zero attached hydrogens (tertiary/aromatic N) is 1. The Balaban J connectivity index is 0.000000771. The summed E-state index contributed by atoms with van der Waals surface area (Å²) in [5.41, 5.74) is 8.88. The fourth-order valence-electron chi connectivity index (χ4n) is 1.82. The highest BCUT2D eigenvalue weighted by atomic mass is 32.2. The summed E-state index contributed by atoms with van der Waals surface area (Å²) in [7, 11) is 2.00. The normalized spacial score (nSPS) is 13.4. The Bertz CT molecular complexity index is 489. The molecule has 1 aliphatic heterocycles.